The highest BCUT2D eigenvalue weighted by molar-refractivity contribution is 7.73. The van der Waals surface area contributed by atoms with E-state index in [1.54, 1.807) is 0 Å². The van der Waals surface area contributed by atoms with E-state index >= 15 is 0 Å². The minimum absolute atomic E-state index is 0.202. The average Bonchev–Trinajstić information content (AvgIpc) is 2.91. The zero-order valence-corrected chi connectivity index (χ0v) is 16.8. The topological polar surface area (TPSA) is 53.1 Å². The van der Waals surface area contributed by atoms with Crippen molar-refractivity contribution in [3.05, 3.63) is 53.6 Å². The molecule has 0 unspecified atom stereocenters. The van der Waals surface area contributed by atoms with Gasteiger partial charge in [-0.2, -0.15) is 0 Å². The maximum Gasteiger partial charge on any atom is 0.276 e. The number of rotatable bonds is 3. The third-order valence-electron chi connectivity index (χ3n) is 5.15. The number of benzene rings is 2. The van der Waals surface area contributed by atoms with Gasteiger partial charge in [0, 0.05) is 32.9 Å². The van der Waals surface area contributed by atoms with Crippen molar-refractivity contribution in [2.24, 2.45) is 0 Å². The molecular weight excluding hydrogens is 361 g/mol. The van der Waals surface area contributed by atoms with Gasteiger partial charge in [0.25, 0.3) is 13.4 Å². The highest BCUT2D eigenvalue weighted by atomic mass is 31.2. The van der Waals surface area contributed by atoms with Crippen molar-refractivity contribution in [3.8, 4) is 0 Å². The van der Waals surface area contributed by atoms with Crippen LogP contribution in [0.1, 0.15) is 15.9 Å². The van der Waals surface area contributed by atoms with Crippen molar-refractivity contribution >= 4 is 30.0 Å². The molecule has 0 radical (unpaired) electrons. The van der Waals surface area contributed by atoms with Crippen LogP contribution >= 0.6 is 7.44 Å². The van der Waals surface area contributed by atoms with Crippen molar-refractivity contribution < 1.29 is 14.1 Å². The fraction of sp³-hybridized carbons (Fsp3) is 0.350. The first-order valence-corrected chi connectivity index (χ1v) is 10.7. The van der Waals surface area contributed by atoms with Crippen molar-refractivity contribution in [2.45, 2.75) is 6.92 Å². The molecule has 2 aromatic carbocycles. The Morgan fingerprint density at radius 1 is 1.04 bits per heavy atom. The predicted molar refractivity (Wildman–Crippen MR) is 108 cm³/mol. The Balaban J connectivity index is 1.89. The highest BCUT2D eigenvalue weighted by Crippen LogP contribution is 2.59. The van der Waals surface area contributed by atoms with E-state index in [0.717, 1.165) is 11.3 Å². The zero-order chi connectivity index (χ0) is 19.2. The molecule has 2 aliphatic heterocycles. The largest absolute Gasteiger partial charge is 0.379 e. The van der Waals surface area contributed by atoms with Crippen LogP contribution in [0.5, 0.6) is 0 Å². The molecule has 0 saturated carbocycles. The minimum Gasteiger partial charge on any atom is -0.379 e. The van der Waals surface area contributed by atoms with Gasteiger partial charge in [0.05, 0.1) is 29.8 Å². The van der Waals surface area contributed by atoms with E-state index in [0.29, 0.717) is 42.9 Å². The van der Waals surface area contributed by atoms with Crippen molar-refractivity contribution in [1.82, 2.24) is 4.67 Å². The first-order chi connectivity index (χ1) is 12.9. The van der Waals surface area contributed by atoms with Crippen LogP contribution in [-0.4, -0.2) is 51.0 Å². The maximum atomic E-state index is 14.5. The summed E-state index contributed by atoms with van der Waals surface area (Å²) in [7, 11) is 0.592. The van der Waals surface area contributed by atoms with Crippen molar-refractivity contribution in [1.29, 1.82) is 0 Å². The number of ether oxygens (including phenoxy) is 1. The molecule has 2 aromatic rings. The quantitative estimate of drug-likeness (QED) is 0.761. The van der Waals surface area contributed by atoms with Crippen LogP contribution in [0.3, 0.4) is 0 Å². The first kappa shape index (κ1) is 18.2. The second-order valence-corrected chi connectivity index (χ2v) is 9.69. The SMILES string of the molecule is Cc1ccc(N2C(=O)c3cc(N(C)C)ccc3[P@]2(=O)N2CCOCC2)cc1. The van der Waals surface area contributed by atoms with E-state index in [1.165, 1.54) is 4.67 Å². The Labute approximate surface area is 159 Å². The lowest BCUT2D eigenvalue weighted by atomic mass is 10.1. The highest BCUT2D eigenvalue weighted by Gasteiger charge is 2.51. The number of carbonyl (C=O) groups is 1. The number of nitrogens with zero attached hydrogens (tertiary/aromatic N) is 3. The molecule has 0 aliphatic carbocycles. The number of hydrogen-bond donors (Lipinski definition) is 0. The molecule has 1 amide bonds. The van der Waals surface area contributed by atoms with Crippen LogP contribution in [-0.2, 0) is 9.30 Å². The zero-order valence-electron chi connectivity index (χ0n) is 15.9. The Kier molecular flexibility index (Phi) is 4.58. The summed E-state index contributed by atoms with van der Waals surface area (Å²) in [6.45, 7) is 4.12. The molecule has 1 atom stereocenters. The second kappa shape index (κ2) is 6.79. The molecule has 0 aromatic heterocycles. The van der Waals surface area contributed by atoms with Crippen molar-refractivity contribution in [3.63, 3.8) is 0 Å². The number of morpholine rings is 1. The molecular formula is C20H24N3O3P. The van der Waals surface area contributed by atoms with Gasteiger partial charge in [-0.25, -0.2) is 9.34 Å². The van der Waals surface area contributed by atoms with Gasteiger partial charge in [-0.3, -0.25) is 9.36 Å². The summed E-state index contributed by atoms with van der Waals surface area (Å²) in [5, 5.41) is 0.626. The van der Waals surface area contributed by atoms with E-state index in [-0.39, 0.29) is 5.91 Å². The summed E-state index contributed by atoms with van der Waals surface area (Å²) in [5.74, 6) is -0.202. The Morgan fingerprint density at radius 2 is 1.70 bits per heavy atom. The van der Waals surface area contributed by atoms with Gasteiger partial charge in [-0.1, -0.05) is 17.7 Å². The molecule has 6 nitrogen and oxygen atoms in total. The lowest BCUT2D eigenvalue weighted by Crippen LogP contribution is -2.40. The molecule has 0 N–H and O–H groups in total. The maximum absolute atomic E-state index is 14.5. The summed E-state index contributed by atoms with van der Waals surface area (Å²) < 4.78 is 23.4. The fourth-order valence-corrected chi connectivity index (χ4v) is 6.66. The molecule has 1 fully saturated rings. The molecule has 4 rings (SSSR count). The number of anilines is 2. The number of carbonyl (C=O) groups excluding carboxylic acids is 1. The predicted octanol–water partition coefficient (Wildman–Crippen LogP) is 2.87. The van der Waals surface area contributed by atoms with E-state index in [2.05, 4.69) is 0 Å². The minimum atomic E-state index is -3.27. The molecule has 7 heteroatoms. The van der Waals surface area contributed by atoms with E-state index in [9.17, 15) is 9.36 Å². The van der Waals surface area contributed by atoms with Gasteiger partial charge in [0.1, 0.15) is 0 Å². The van der Waals surface area contributed by atoms with E-state index < -0.39 is 7.44 Å². The van der Waals surface area contributed by atoms with Crippen LogP contribution in [0, 0.1) is 6.92 Å². The van der Waals surface area contributed by atoms with Gasteiger partial charge < -0.3 is 9.64 Å². The summed E-state index contributed by atoms with van der Waals surface area (Å²) in [6.07, 6.45) is 0. The Bertz CT molecular complexity index is 921. The Morgan fingerprint density at radius 3 is 2.33 bits per heavy atom. The normalized spacial score (nSPS) is 22.8. The fourth-order valence-electron chi connectivity index (χ4n) is 3.64. The number of hydrogen-bond acceptors (Lipinski definition) is 4. The van der Waals surface area contributed by atoms with Gasteiger partial charge in [0.2, 0.25) is 0 Å². The van der Waals surface area contributed by atoms with Gasteiger partial charge >= 0.3 is 0 Å². The third kappa shape index (κ3) is 2.89. The van der Waals surface area contributed by atoms with Crippen LogP contribution in [0.25, 0.3) is 0 Å². The van der Waals surface area contributed by atoms with E-state index in [1.807, 2.05) is 73.1 Å². The summed E-state index contributed by atoms with van der Waals surface area (Å²) in [4.78, 5) is 15.3. The smallest absolute Gasteiger partial charge is 0.276 e. The molecule has 0 spiro atoms. The molecule has 2 aliphatic rings. The van der Waals surface area contributed by atoms with Gasteiger partial charge in [-0.15, -0.1) is 0 Å². The monoisotopic (exact) mass is 385 g/mol. The standard InChI is InChI=1S/C20H24N3O3P/c1-15-4-6-16(7-5-15)23-20(24)18-14-17(21(2)3)8-9-19(18)27(23,25)22-10-12-26-13-11-22/h4-9,14H,10-13H2,1-3H3/t27-/m0/s1. The van der Waals surface area contributed by atoms with Gasteiger partial charge in [-0.05, 0) is 37.3 Å². The summed E-state index contributed by atoms with van der Waals surface area (Å²) in [5.41, 5.74) is 3.21. The lowest BCUT2D eigenvalue weighted by molar-refractivity contribution is 0.0723. The molecule has 27 heavy (non-hydrogen) atoms. The second-order valence-electron chi connectivity index (χ2n) is 7.16. The van der Waals surface area contributed by atoms with Crippen LogP contribution in [0.4, 0.5) is 11.4 Å². The van der Waals surface area contributed by atoms with Crippen LogP contribution < -0.4 is 14.9 Å². The molecule has 142 valence electrons. The summed E-state index contributed by atoms with van der Waals surface area (Å²) in [6, 6.07) is 13.3. The van der Waals surface area contributed by atoms with Crippen molar-refractivity contribution in [2.75, 3.05) is 50.0 Å². The number of aryl methyl sites for hydroxylation is 1. The third-order valence-corrected chi connectivity index (χ3v) is 8.29. The molecule has 2 heterocycles. The summed E-state index contributed by atoms with van der Waals surface area (Å²) >= 11 is 0. The molecule has 0 bridgehead atoms. The van der Waals surface area contributed by atoms with Crippen LogP contribution in [0.15, 0.2) is 42.5 Å². The average molecular weight is 385 g/mol. The van der Waals surface area contributed by atoms with Gasteiger partial charge in [0.15, 0.2) is 0 Å². The number of fused-ring (bicyclic) bond motifs is 1. The van der Waals surface area contributed by atoms with E-state index in [4.69, 9.17) is 4.74 Å². The molecule has 1 saturated heterocycles. The lowest BCUT2D eigenvalue weighted by Gasteiger charge is -2.37. The first-order valence-electron chi connectivity index (χ1n) is 9.09. The van der Waals surface area contributed by atoms with Crippen LogP contribution in [0.2, 0.25) is 0 Å². The number of amides is 1. The Hall–Kier alpha value is -2.14.